The molecule has 5 heteroatoms. The molecule has 1 atom stereocenters. The van der Waals surface area contributed by atoms with E-state index >= 15 is 0 Å². The number of carbonyl (C=O) groups excluding carboxylic acids is 1. The van der Waals surface area contributed by atoms with E-state index in [1.54, 1.807) is 10.8 Å². The van der Waals surface area contributed by atoms with Crippen molar-refractivity contribution < 1.29 is 4.79 Å². The van der Waals surface area contributed by atoms with Crippen LogP contribution in [0.3, 0.4) is 0 Å². The molecular weight excluding hydrogens is 226 g/mol. The first-order valence-corrected chi connectivity index (χ1v) is 5.61. The van der Waals surface area contributed by atoms with Gasteiger partial charge in [-0.2, -0.15) is 5.10 Å². The third kappa shape index (κ3) is 2.71. The smallest absolute Gasteiger partial charge is 0.199 e. The molecule has 1 aromatic heterocycles. The quantitative estimate of drug-likeness (QED) is 0.612. The van der Waals surface area contributed by atoms with Crippen LogP contribution in [0.5, 0.6) is 0 Å². The molecule has 1 rings (SSSR count). The summed E-state index contributed by atoms with van der Waals surface area (Å²) in [7, 11) is 0. The van der Waals surface area contributed by atoms with Gasteiger partial charge in [0.15, 0.2) is 5.78 Å². The van der Waals surface area contributed by atoms with Crippen molar-refractivity contribution in [1.29, 1.82) is 0 Å². The van der Waals surface area contributed by atoms with E-state index in [1.807, 2.05) is 6.92 Å². The van der Waals surface area contributed by atoms with Crippen LogP contribution in [-0.4, -0.2) is 21.6 Å². The SMILES string of the molecule is C=CCC(N)C(=O)c1c(Cl)cnn1CCC. The van der Waals surface area contributed by atoms with Crippen molar-refractivity contribution in [3.05, 3.63) is 29.6 Å². The second-order valence-electron chi connectivity index (χ2n) is 3.56. The Bertz CT molecular complexity index is 387. The van der Waals surface area contributed by atoms with E-state index in [9.17, 15) is 4.79 Å². The lowest BCUT2D eigenvalue weighted by Gasteiger charge is -2.10. The highest BCUT2D eigenvalue weighted by molar-refractivity contribution is 6.33. The third-order valence-electron chi connectivity index (χ3n) is 2.22. The fraction of sp³-hybridized carbons (Fsp3) is 0.455. The van der Waals surface area contributed by atoms with Crippen LogP contribution in [0.25, 0.3) is 0 Å². The highest BCUT2D eigenvalue weighted by Crippen LogP contribution is 2.17. The van der Waals surface area contributed by atoms with Crippen molar-refractivity contribution in [2.24, 2.45) is 5.73 Å². The summed E-state index contributed by atoms with van der Waals surface area (Å²) in [5.41, 5.74) is 6.13. The number of rotatable bonds is 6. The monoisotopic (exact) mass is 241 g/mol. The van der Waals surface area contributed by atoms with Crippen LogP contribution in [-0.2, 0) is 6.54 Å². The van der Waals surface area contributed by atoms with Gasteiger partial charge in [-0.25, -0.2) is 0 Å². The number of hydrogen-bond acceptors (Lipinski definition) is 3. The van der Waals surface area contributed by atoms with Gasteiger partial charge >= 0.3 is 0 Å². The van der Waals surface area contributed by atoms with Gasteiger partial charge in [0.1, 0.15) is 5.69 Å². The standard InChI is InChI=1S/C11H16ClN3O/c1-3-5-9(13)11(16)10-8(12)7-14-15(10)6-4-2/h3,7,9H,1,4-6,13H2,2H3. The molecule has 0 aliphatic rings. The average molecular weight is 242 g/mol. The molecule has 0 aliphatic heterocycles. The average Bonchev–Trinajstić information content (AvgIpc) is 2.60. The first-order chi connectivity index (χ1) is 7.61. The summed E-state index contributed by atoms with van der Waals surface area (Å²) in [6.07, 6.45) is 4.42. The Morgan fingerprint density at radius 2 is 2.50 bits per heavy atom. The second-order valence-corrected chi connectivity index (χ2v) is 3.97. The lowest BCUT2D eigenvalue weighted by Crippen LogP contribution is -2.31. The summed E-state index contributed by atoms with van der Waals surface area (Å²) in [5, 5.41) is 4.41. The number of nitrogens with zero attached hydrogens (tertiary/aromatic N) is 2. The van der Waals surface area contributed by atoms with Crippen molar-refractivity contribution in [2.45, 2.75) is 32.4 Å². The number of aryl methyl sites for hydroxylation is 1. The minimum atomic E-state index is -0.595. The number of Topliss-reactive ketones (excluding diaryl/α,β-unsaturated/α-hetero) is 1. The number of carbonyl (C=O) groups is 1. The van der Waals surface area contributed by atoms with E-state index in [1.165, 1.54) is 6.20 Å². The van der Waals surface area contributed by atoms with Gasteiger partial charge in [0, 0.05) is 6.54 Å². The van der Waals surface area contributed by atoms with Crippen LogP contribution in [0.15, 0.2) is 18.9 Å². The molecule has 0 amide bonds. The van der Waals surface area contributed by atoms with E-state index in [4.69, 9.17) is 17.3 Å². The van der Waals surface area contributed by atoms with Gasteiger partial charge in [-0.15, -0.1) is 6.58 Å². The molecule has 88 valence electrons. The maximum atomic E-state index is 12.0. The topological polar surface area (TPSA) is 60.9 Å². The summed E-state index contributed by atoms with van der Waals surface area (Å²) < 4.78 is 1.60. The van der Waals surface area contributed by atoms with Gasteiger partial charge in [-0.05, 0) is 12.8 Å². The Labute approximate surface area is 100 Å². The molecule has 16 heavy (non-hydrogen) atoms. The Hall–Kier alpha value is -1.13. The first-order valence-electron chi connectivity index (χ1n) is 5.23. The Kier molecular flexibility index (Phi) is 4.71. The van der Waals surface area contributed by atoms with E-state index in [0.717, 1.165) is 6.42 Å². The molecule has 0 fully saturated rings. The molecule has 2 N–H and O–H groups in total. The predicted octanol–water partition coefficient (Wildman–Crippen LogP) is 2.03. The van der Waals surface area contributed by atoms with Gasteiger partial charge in [0.25, 0.3) is 0 Å². The Morgan fingerprint density at radius 3 is 3.06 bits per heavy atom. The highest BCUT2D eigenvalue weighted by Gasteiger charge is 2.22. The Morgan fingerprint density at radius 1 is 1.81 bits per heavy atom. The second kappa shape index (κ2) is 5.82. The zero-order valence-corrected chi connectivity index (χ0v) is 10.1. The molecule has 4 nitrogen and oxygen atoms in total. The fourth-order valence-corrected chi connectivity index (χ4v) is 1.69. The molecule has 1 unspecified atom stereocenters. The van der Waals surface area contributed by atoms with Crippen molar-refractivity contribution in [3.8, 4) is 0 Å². The fourth-order valence-electron chi connectivity index (χ4n) is 1.45. The number of halogens is 1. The number of nitrogens with two attached hydrogens (primary N) is 1. The van der Waals surface area contributed by atoms with Gasteiger partial charge in [0.2, 0.25) is 0 Å². The van der Waals surface area contributed by atoms with E-state index in [0.29, 0.717) is 23.7 Å². The molecule has 0 radical (unpaired) electrons. The highest BCUT2D eigenvalue weighted by atomic mass is 35.5. The summed E-state index contributed by atoms with van der Waals surface area (Å²) in [6, 6.07) is -0.595. The van der Waals surface area contributed by atoms with Crippen LogP contribution < -0.4 is 5.73 Å². The molecule has 0 aliphatic carbocycles. The molecule has 0 aromatic carbocycles. The number of hydrogen-bond donors (Lipinski definition) is 1. The van der Waals surface area contributed by atoms with E-state index in [-0.39, 0.29) is 5.78 Å². The van der Waals surface area contributed by atoms with Crippen LogP contribution >= 0.6 is 11.6 Å². The van der Waals surface area contributed by atoms with Crippen LogP contribution in [0.1, 0.15) is 30.3 Å². The summed E-state index contributed by atoms with van der Waals surface area (Å²) in [5.74, 6) is -0.184. The Balaban J connectivity index is 2.96. The lowest BCUT2D eigenvalue weighted by molar-refractivity contribution is 0.0951. The molecule has 0 bridgehead atoms. The van der Waals surface area contributed by atoms with Gasteiger partial charge < -0.3 is 5.73 Å². The third-order valence-corrected chi connectivity index (χ3v) is 2.50. The number of ketones is 1. The molecule has 0 saturated carbocycles. The number of aromatic nitrogens is 2. The van der Waals surface area contributed by atoms with Crippen molar-refractivity contribution >= 4 is 17.4 Å². The normalized spacial score (nSPS) is 12.4. The minimum absolute atomic E-state index is 0.184. The zero-order chi connectivity index (χ0) is 12.1. The maximum absolute atomic E-state index is 12.0. The zero-order valence-electron chi connectivity index (χ0n) is 9.32. The molecule has 1 aromatic rings. The molecule has 0 spiro atoms. The molecule has 0 saturated heterocycles. The van der Waals surface area contributed by atoms with Crippen LogP contribution in [0.4, 0.5) is 0 Å². The van der Waals surface area contributed by atoms with E-state index < -0.39 is 6.04 Å². The summed E-state index contributed by atoms with van der Waals surface area (Å²) >= 11 is 5.93. The van der Waals surface area contributed by atoms with E-state index in [2.05, 4.69) is 11.7 Å². The summed E-state index contributed by atoms with van der Waals surface area (Å²) in [6.45, 7) is 6.23. The van der Waals surface area contributed by atoms with Crippen molar-refractivity contribution in [1.82, 2.24) is 9.78 Å². The van der Waals surface area contributed by atoms with Gasteiger partial charge in [0.05, 0.1) is 17.3 Å². The summed E-state index contributed by atoms with van der Waals surface area (Å²) in [4.78, 5) is 12.0. The lowest BCUT2D eigenvalue weighted by atomic mass is 10.1. The molecule has 1 heterocycles. The van der Waals surface area contributed by atoms with Crippen molar-refractivity contribution in [3.63, 3.8) is 0 Å². The first kappa shape index (κ1) is 12.9. The van der Waals surface area contributed by atoms with Crippen LogP contribution in [0, 0.1) is 0 Å². The molecular formula is C11H16ClN3O. The largest absolute Gasteiger partial charge is 0.321 e. The van der Waals surface area contributed by atoms with Crippen molar-refractivity contribution in [2.75, 3.05) is 0 Å². The van der Waals surface area contributed by atoms with Gasteiger partial charge in [-0.1, -0.05) is 24.6 Å². The maximum Gasteiger partial charge on any atom is 0.199 e. The van der Waals surface area contributed by atoms with Crippen LogP contribution in [0.2, 0.25) is 5.02 Å². The predicted molar refractivity (Wildman–Crippen MR) is 64.6 cm³/mol. The minimum Gasteiger partial charge on any atom is -0.321 e. The van der Waals surface area contributed by atoms with Gasteiger partial charge in [-0.3, -0.25) is 9.48 Å².